The van der Waals surface area contributed by atoms with Gasteiger partial charge >= 0.3 is 0 Å². The number of hydrogen-bond donors (Lipinski definition) is 1. The zero-order chi connectivity index (χ0) is 17.6. The molecular weight excluding hydrogens is 362 g/mol. The minimum absolute atomic E-state index is 0.243. The number of morpholine rings is 1. The van der Waals surface area contributed by atoms with E-state index in [9.17, 15) is 4.79 Å². The quantitative estimate of drug-likeness (QED) is 0.833. The van der Waals surface area contributed by atoms with Crippen molar-refractivity contribution in [2.75, 3.05) is 31.6 Å². The fraction of sp³-hybridized carbons (Fsp3) is 0.412. The second-order valence-electron chi connectivity index (χ2n) is 5.74. The molecule has 3 rings (SSSR count). The largest absolute Gasteiger partial charge is 0.481 e. The number of halogens is 1. The topological polar surface area (TPSA) is 63.7 Å². The summed E-state index contributed by atoms with van der Waals surface area (Å²) in [5.41, 5.74) is 0.950. The van der Waals surface area contributed by atoms with Crippen molar-refractivity contribution in [2.45, 2.75) is 19.6 Å². The van der Waals surface area contributed by atoms with E-state index < -0.39 is 6.10 Å². The molecule has 8 heteroatoms. The van der Waals surface area contributed by atoms with Gasteiger partial charge in [-0.15, -0.1) is 11.3 Å². The van der Waals surface area contributed by atoms with Gasteiger partial charge < -0.3 is 9.47 Å². The van der Waals surface area contributed by atoms with Crippen molar-refractivity contribution in [1.82, 2.24) is 9.88 Å². The number of ether oxygens (including phenoxy) is 2. The monoisotopic (exact) mass is 381 g/mol. The molecule has 0 spiro atoms. The standard InChI is InChI=1S/C17H20ClN3O3S/c1-12(24-15-4-2-3-13(18)9-15)16(22)20-17-19-14(11-25-17)10-21-5-7-23-8-6-21/h2-4,9,11-12H,5-8,10H2,1H3,(H,19,20,22)/t12-/m1/s1. The molecule has 25 heavy (non-hydrogen) atoms. The second-order valence-corrected chi connectivity index (χ2v) is 7.03. The molecule has 0 saturated carbocycles. The van der Waals surface area contributed by atoms with Gasteiger partial charge in [0.05, 0.1) is 18.9 Å². The minimum Gasteiger partial charge on any atom is -0.481 e. The first-order valence-corrected chi connectivity index (χ1v) is 9.33. The van der Waals surface area contributed by atoms with Crippen molar-refractivity contribution in [3.8, 4) is 5.75 Å². The van der Waals surface area contributed by atoms with Crippen molar-refractivity contribution >= 4 is 34.0 Å². The highest BCUT2D eigenvalue weighted by Gasteiger charge is 2.17. The predicted octanol–water partition coefficient (Wildman–Crippen LogP) is 3.03. The van der Waals surface area contributed by atoms with Crippen LogP contribution < -0.4 is 10.1 Å². The molecule has 0 unspecified atom stereocenters. The maximum Gasteiger partial charge on any atom is 0.266 e. The molecule has 0 radical (unpaired) electrons. The Kier molecular flexibility index (Phi) is 6.25. The highest BCUT2D eigenvalue weighted by molar-refractivity contribution is 7.13. The summed E-state index contributed by atoms with van der Waals surface area (Å²) < 4.78 is 11.0. The van der Waals surface area contributed by atoms with Crippen molar-refractivity contribution in [3.63, 3.8) is 0 Å². The van der Waals surface area contributed by atoms with Crippen molar-refractivity contribution < 1.29 is 14.3 Å². The lowest BCUT2D eigenvalue weighted by Crippen LogP contribution is -2.35. The maximum atomic E-state index is 12.3. The fourth-order valence-corrected chi connectivity index (χ4v) is 3.32. The van der Waals surface area contributed by atoms with E-state index in [1.807, 2.05) is 5.38 Å². The highest BCUT2D eigenvalue weighted by Crippen LogP contribution is 2.20. The smallest absolute Gasteiger partial charge is 0.266 e. The Hall–Kier alpha value is -1.67. The van der Waals surface area contributed by atoms with E-state index in [4.69, 9.17) is 21.1 Å². The average molecular weight is 382 g/mol. The molecule has 2 aromatic rings. The third kappa shape index (κ3) is 5.40. The Balaban J connectivity index is 1.52. The van der Waals surface area contributed by atoms with Crippen LogP contribution in [0.15, 0.2) is 29.6 Å². The number of amides is 1. The summed E-state index contributed by atoms with van der Waals surface area (Å²) >= 11 is 7.33. The zero-order valence-corrected chi connectivity index (χ0v) is 15.5. The summed E-state index contributed by atoms with van der Waals surface area (Å²) in [6.45, 7) is 5.79. The van der Waals surface area contributed by atoms with E-state index >= 15 is 0 Å². The normalized spacial score (nSPS) is 16.4. The summed E-state index contributed by atoms with van der Waals surface area (Å²) in [6.07, 6.45) is -0.648. The average Bonchev–Trinajstić information content (AvgIpc) is 3.02. The number of aromatic nitrogens is 1. The summed E-state index contributed by atoms with van der Waals surface area (Å²) in [5.74, 6) is 0.314. The maximum absolute atomic E-state index is 12.3. The first-order valence-electron chi connectivity index (χ1n) is 8.08. The summed E-state index contributed by atoms with van der Waals surface area (Å²) in [4.78, 5) is 19.0. The molecule has 0 aliphatic carbocycles. The van der Waals surface area contributed by atoms with Gasteiger partial charge in [0, 0.05) is 30.0 Å². The van der Waals surface area contributed by atoms with Crippen LogP contribution in [0.1, 0.15) is 12.6 Å². The molecule has 1 aliphatic heterocycles. The molecule has 1 atom stereocenters. The van der Waals surface area contributed by atoms with E-state index in [1.165, 1.54) is 11.3 Å². The molecule has 6 nitrogen and oxygen atoms in total. The number of anilines is 1. The number of nitrogens with zero attached hydrogens (tertiary/aromatic N) is 2. The van der Waals surface area contributed by atoms with Gasteiger partial charge in [0.15, 0.2) is 11.2 Å². The van der Waals surface area contributed by atoms with Gasteiger partial charge in [-0.2, -0.15) is 0 Å². The molecule has 1 fully saturated rings. The Labute approximate surface area is 155 Å². The fourth-order valence-electron chi connectivity index (χ4n) is 2.43. The van der Waals surface area contributed by atoms with Gasteiger partial charge in [0.2, 0.25) is 0 Å². The number of nitrogens with one attached hydrogen (secondary N) is 1. The lowest BCUT2D eigenvalue weighted by molar-refractivity contribution is -0.122. The van der Waals surface area contributed by atoms with Crippen LogP contribution in [-0.4, -0.2) is 48.2 Å². The van der Waals surface area contributed by atoms with Crippen LogP contribution in [0.4, 0.5) is 5.13 Å². The molecule has 1 aromatic carbocycles. The summed E-state index contributed by atoms with van der Waals surface area (Å²) in [5, 5.41) is 5.91. The minimum atomic E-state index is -0.648. The molecular formula is C17H20ClN3O3S. The van der Waals surface area contributed by atoms with Gasteiger partial charge in [-0.25, -0.2) is 4.98 Å². The van der Waals surface area contributed by atoms with E-state index in [1.54, 1.807) is 31.2 Å². The van der Waals surface area contributed by atoms with Crippen LogP contribution in [0, 0.1) is 0 Å². The number of thiazole rings is 1. The van der Waals surface area contributed by atoms with Crippen molar-refractivity contribution in [3.05, 3.63) is 40.4 Å². The van der Waals surface area contributed by atoms with Gasteiger partial charge in [0.1, 0.15) is 5.75 Å². The lowest BCUT2D eigenvalue weighted by atomic mass is 10.3. The van der Waals surface area contributed by atoms with Crippen LogP contribution in [0.3, 0.4) is 0 Å². The molecule has 1 N–H and O–H groups in total. The number of rotatable bonds is 6. The molecule has 1 aliphatic rings. The van der Waals surface area contributed by atoms with Crippen LogP contribution >= 0.6 is 22.9 Å². The lowest BCUT2D eigenvalue weighted by Gasteiger charge is -2.25. The molecule has 2 heterocycles. The molecule has 1 amide bonds. The number of carbonyl (C=O) groups is 1. The Morgan fingerprint density at radius 3 is 3.04 bits per heavy atom. The third-order valence-corrected chi connectivity index (χ3v) is 4.79. The first-order chi connectivity index (χ1) is 12.1. The Morgan fingerprint density at radius 2 is 2.28 bits per heavy atom. The number of hydrogen-bond acceptors (Lipinski definition) is 6. The van der Waals surface area contributed by atoms with Crippen LogP contribution in [-0.2, 0) is 16.1 Å². The number of carbonyl (C=O) groups excluding carboxylic acids is 1. The summed E-state index contributed by atoms with van der Waals surface area (Å²) in [6, 6.07) is 6.97. The van der Waals surface area contributed by atoms with Gasteiger partial charge in [-0.3, -0.25) is 15.0 Å². The van der Waals surface area contributed by atoms with Gasteiger partial charge in [-0.1, -0.05) is 17.7 Å². The van der Waals surface area contributed by atoms with Crippen LogP contribution in [0.25, 0.3) is 0 Å². The SMILES string of the molecule is C[C@@H](Oc1cccc(Cl)c1)C(=O)Nc1nc(CN2CCOCC2)cs1. The van der Waals surface area contributed by atoms with E-state index in [0.717, 1.165) is 38.5 Å². The van der Waals surface area contributed by atoms with Gasteiger partial charge in [-0.05, 0) is 25.1 Å². The highest BCUT2D eigenvalue weighted by atomic mass is 35.5. The second kappa shape index (κ2) is 8.62. The number of benzene rings is 1. The van der Waals surface area contributed by atoms with Crippen LogP contribution in [0.5, 0.6) is 5.75 Å². The first kappa shape index (κ1) is 18.1. The summed E-state index contributed by atoms with van der Waals surface area (Å²) in [7, 11) is 0. The van der Waals surface area contributed by atoms with Crippen molar-refractivity contribution in [1.29, 1.82) is 0 Å². The zero-order valence-electron chi connectivity index (χ0n) is 13.9. The third-order valence-electron chi connectivity index (χ3n) is 3.75. The van der Waals surface area contributed by atoms with E-state index in [-0.39, 0.29) is 5.91 Å². The molecule has 1 aromatic heterocycles. The predicted molar refractivity (Wildman–Crippen MR) is 98.4 cm³/mol. The Morgan fingerprint density at radius 1 is 1.48 bits per heavy atom. The van der Waals surface area contributed by atoms with Crippen molar-refractivity contribution in [2.24, 2.45) is 0 Å². The Bertz CT molecular complexity index is 719. The van der Waals surface area contributed by atoms with Gasteiger partial charge in [0.25, 0.3) is 5.91 Å². The van der Waals surface area contributed by atoms with Crippen LogP contribution in [0.2, 0.25) is 5.02 Å². The molecule has 134 valence electrons. The molecule has 1 saturated heterocycles. The van der Waals surface area contributed by atoms with E-state index in [2.05, 4.69) is 15.2 Å². The molecule has 0 bridgehead atoms. The van der Waals surface area contributed by atoms with E-state index in [0.29, 0.717) is 15.9 Å².